The van der Waals surface area contributed by atoms with Gasteiger partial charge in [0.05, 0.1) is 30.1 Å². The molecule has 0 radical (unpaired) electrons. The second-order valence-electron chi connectivity index (χ2n) is 9.64. The number of H-pyrrole nitrogens is 1. The zero-order chi connectivity index (χ0) is 25.6. The minimum atomic E-state index is -0.858. The van der Waals surface area contributed by atoms with Crippen LogP contribution in [-0.4, -0.2) is 40.3 Å². The summed E-state index contributed by atoms with van der Waals surface area (Å²) in [6, 6.07) is 24.0. The van der Waals surface area contributed by atoms with Crippen LogP contribution < -0.4 is 10.2 Å². The molecule has 0 saturated carbocycles. The molecule has 1 aliphatic heterocycles. The number of carboxylic acid groups (broad SMARTS) is 1. The molecule has 1 amide bonds. The van der Waals surface area contributed by atoms with Gasteiger partial charge in [0, 0.05) is 36.1 Å². The molecule has 1 aromatic heterocycles. The van der Waals surface area contributed by atoms with Crippen LogP contribution in [0.3, 0.4) is 0 Å². The van der Waals surface area contributed by atoms with Crippen LogP contribution in [-0.2, 0) is 22.4 Å². The fraction of sp³-hybridized carbons (Fsp3) is 0.300. The summed E-state index contributed by atoms with van der Waals surface area (Å²) in [4.78, 5) is 26.9. The lowest BCUT2D eigenvalue weighted by atomic mass is 9.95. The van der Waals surface area contributed by atoms with E-state index in [4.69, 9.17) is 5.11 Å². The first-order chi connectivity index (χ1) is 18.1. The monoisotopic (exact) mass is 496 g/mol. The van der Waals surface area contributed by atoms with Crippen molar-refractivity contribution in [1.82, 2.24) is 15.5 Å². The maximum Gasteiger partial charge on any atom is 0.303 e. The predicted molar refractivity (Wildman–Crippen MR) is 145 cm³/mol. The van der Waals surface area contributed by atoms with Gasteiger partial charge in [-0.2, -0.15) is 5.10 Å². The number of rotatable bonds is 9. The maximum absolute atomic E-state index is 13.4. The Balaban J connectivity index is 1.40. The summed E-state index contributed by atoms with van der Waals surface area (Å²) in [5.74, 6) is -0.930. The number of carboxylic acids is 1. The van der Waals surface area contributed by atoms with E-state index in [1.165, 1.54) is 24.9 Å². The van der Waals surface area contributed by atoms with Crippen LogP contribution in [0.4, 0.5) is 5.69 Å². The number of fused-ring (bicyclic) bond motifs is 1. The molecule has 3 N–H and O–H groups in total. The van der Waals surface area contributed by atoms with Crippen molar-refractivity contribution in [3.63, 3.8) is 0 Å². The standard InChI is InChI=1S/C30H32N4O3/c35-28(20-21-13-14-25-24(19-21)26(33-32-25)15-16-29(36)37)31-30(22-9-3-1-4-10-22)23-11-5-6-12-27(23)34-17-7-2-8-18-34/h1,3-6,9-14,19,30H,2,7-8,15-18,20H2,(H,31,35)(H,32,33)(H,36,37). The molecule has 5 rings (SSSR count). The van der Waals surface area contributed by atoms with Crippen LogP contribution in [0.15, 0.2) is 72.8 Å². The lowest BCUT2D eigenvalue weighted by Crippen LogP contribution is -2.34. The first-order valence-electron chi connectivity index (χ1n) is 12.9. The van der Waals surface area contributed by atoms with Crippen LogP contribution in [0.1, 0.15) is 54.1 Å². The van der Waals surface area contributed by atoms with Crippen molar-refractivity contribution in [2.24, 2.45) is 0 Å². The van der Waals surface area contributed by atoms with E-state index in [1.807, 2.05) is 42.5 Å². The highest BCUT2D eigenvalue weighted by molar-refractivity contribution is 5.85. The summed E-state index contributed by atoms with van der Waals surface area (Å²) < 4.78 is 0. The fourth-order valence-corrected chi connectivity index (χ4v) is 5.18. The van der Waals surface area contributed by atoms with Crippen molar-refractivity contribution >= 4 is 28.5 Å². The van der Waals surface area contributed by atoms with E-state index in [0.717, 1.165) is 40.7 Å². The SMILES string of the molecule is O=C(O)CCc1n[nH]c2ccc(CC(=O)NC(c3ccccc3)c3ccccc3N3CCCCC3)cc12. The Morgan fingerprint density at radius 1 is 0.973 bits per heavy atom. The van der Waals surface area contributed by atoms with Crippen molar-refractivity contribution in [2.45, 2.75) is 44.6 Å². The lowest BCUT2D eigenvalue weighted by Gasteiger charge is -2.33. The number of benzene rings is 3. The van der Waals surface area contributed by atoms with Crippen LogP contribution in [0.5, 0.6) is 0 Å². The Kier molecular flexibility index (Phi) is 7.49. The number of nitrogens with zero attached hydrogens (tertiary/aromatic N) is 2. The molecule has 0 aliphatic carbocycles. The molecule has 2 heterocycles. The first kappa shape index (κ1) is 24.6. The van der Waals surface area contributed by atoms with Gasteiger partial charge in [-0.25, -0.2) is 0 Å². The average Bonchev–Trinajstić information content (AvgIpc) is 3.34. The third kappa shape index (κ3) is 5.82. The highest BCUT2D eigenvalue weighted by atomic mass is 16.4. The van der Waals surface area contributed by atoms with E-state index < -0.39 is 5.97 Å². The van der Waals surface area contributed by atoms with Gasteiger partial charge in [-0.15, -0.1) is 0 Å². The molecule has 37 heavy (non-hydrogen) atoms. The van der Waals surface area contributed by atoms with Gasteiger partial charge in [-0.3, -0.25) is 14.7 Å². The summed E-state index contributed by atoms with van der Waals surface area (Å²) in [5, 5.41) is 20.4. The molecule has 190 valence electrons. The van der Waals surface area contributed by atoms with E-state index in [0.29, 0.717) is 12.1 Å². The van der Waals surface area contributed by atoms with Gasteiger partial charge in [-0.1, -0.05) is 54.6 Å². The Morgan fingerprint density at radius 2 is 1.73 bits per heavy atom. The molecule has 1 unspecified atom stereocenters. The number of aryl methyl sites for hydroxylation is 1. The number of aliphatic carboxylic acids is 1. The summed E-state index contributed by atoms with van der Waals surface area (Å²) in [5.41, 5.74) is 5.73. The third-order valence-electron chi connectivity index (χ3n) is 7.03. The van der Waals surface area contributed by atoms with Crippen molar-refractivity contribution in [3.05, 3.63) is 95.2 Å². The van der Waals surface area contributed by atoms with Crippen molar-refractivity contribution < 1.29 is 14.7 Å². The minimum absolute atomic E-state index is 0.0137. The van der Waals surface area contributed by atoms with Crippen LogP contribution in [0.2, 0.25) is 0 Å². The molecule has 3 aromatic carbocycles. The van der Waals surface area contributed by atoms with Crippen molar-refractivity contribution in [3.8, 4) is 0 Å². The van der Waals surface area contributed by atoms with Crippen molar-refractivity contribution in [2.75, 3.05) is 18.0 Å². The number of amides is 1. The number of hydrogen-bond acceptors (Lipinski definition) is 4. The summed E-state index contributed by atoms with van der Waals surface area (Å²) in [7, 11) is 0. The Hall–Kier alpha value is -4.13. The van der Waals surface area contributed by atoms with E-state index in [2.05, 4.69) is 50.7 Å². The first-order valence-corrected chi connectivity index (χ1v) is 12.9. The number of carbonyl (C=O) groups excluding carboxylic acids is 1. The van der Waals surface area contributed by atoms with Crippen LogP contribution in [0, 0.1) is 0 Å². The molecule has 1 fully saturated rings. The lowest BCUT2D eigenvalue weighted by molar-refractivity contribution is -0.137. The number of anilines is 1. The summed E-state index contributed by atoms with van der Waals surface area (Å²) in [6.45, 7) is 2.06. The highest BCUT2D eigenvalue weighted by Crippen LogP contribution is 2.32. The molecule has 7 nitrogen and oxygen atoms in total. The number of hydrogen-bond donors (Lipinski definition) is 3. The quantitative estimate of drug-likeness (QED) is 0.302. The van der Waals surface area contributed by atoms with Crippen molar-refractivity contribution in [1.29, 1.82) is 0 Å². The van der Waals surface area contributed by atoms with Gasteiger partial charge >= 0.3 is 5.97 Å². The third-order valence-corrected chi connectivity index (χ3v) is 7.03. The van der Waals surface area contributed by atoms with E-state index in [9.17, 15) is 9.59 Å². The largest absolute Gasteiger partial charge is 0.481 e. The molecule has 0 bridgehead atoms. The topological polar surface area (TPSA) is 98.3 Å². The highest BCUT2D eigenvalue weighted by Gasteiger charge is 2.23. The maximum atomic E-state index is 13.4. The number of para-hydroxylation sites is 1. The van der Waals surface area contributed by atoms with E-state index >= 15 is 0 Å². The van der Waals surface area contributed by atoms with Crippen LogP contribution >= 0.6 is 0 Å². The number of nitrogens with one attached hydrogen (secondary N) is 2. The van der Waals surface area contributed by atoms with Gasteiger partial charge in [0.15, 0.2) is 0 Å². The summed E-state index contributed by atoms with van der Waals surface area (Å²) in [6.07, 6.45) is 4.20. The molecular weight excluding hydrogens is 464 g/mol. The van der Waals surface area contributed by atoms with Gasteiger partial charge in [-0.05, 0) is 48.6 Å². The predicted octanol–water partition coefficient (Wildman–Crippen LogP) is 5.02. The number of aromatic nitrogens is 2. The van der Waals surface area contributed by atoms with Gasteiger partial charge in [0.25, 0.3) is 0 Å². The fourth-order valence-electron chi connectivity index (χ4n) is 5.18. The summed E-state index contributed by atoms with van der Waals surface area (Å²) >= 11 is 0. The molecule has 7 heteroatoms. The normalized spacial score (nSPS) is 14.4. The number of carbonyl (C=O) groups is 2. The smallest absolute Gasteiger partial charge is 0.303 e. The number of piperidine rings is 1. The van der Waals surface area contributed by atoms with Crippen LogP contribution in [0.25, 0.3) is 10.9 Å². The molecule has 0 spiro atoms. The second kappa shape index (κ2) is 11.3. The Morgan fingerprint density at radius 3 is 2.51 bits per heavy atom. The van der Waals surface area contributed by atoms with E-state index in [1.54, 1.807) is 0 Å². The minimum Gasteiger partial charge on any atom is -0.481 e. The Bertz CT molecular complexity index is 1380. The molecule has 4 aromatic rings. The Labute approximate surface area is 216 Å². The molecule has 1 aliphatic rings. The van der Waals surface area contributed by atoms with Gasteiger partial charge < -0.3 is 15.3 Å². The zero-order valence-corrected chi connectivity index (χ0v) is 20.8. The number of aromatic amines is 1. The zero-order valence-electron chi connectivity index (χ0n) is 20.8. The molecule has 1 atom stereocenters. The van der Waals surface area contributed by atoms with Gasteiger partial charge in [0.1, 0.15) is 0 Å². The molecule has 1 saturated heterocycles. The molecular formula is C30H32N4O3. The van der Waals surface area contributed by atoms with Gasteiger partial charge in [0.2, 0.25) is 5.91 Å². The average molecular weight is 497 g/mol. The second-order valence-corrected chi connectivity index (χ2v) is 9.64. The van der Waals surface area contributed by atoms with E-state index in [-0.39, 0.29) is 24.8 Å².